The highest BCUT2D eigenvalue weighted by molar-refractivity contribution is 6.15. The lowest BCUT2D eigenvalue weighted by atomic mass is 10.1. The fourth-order valence-corrected chi connectivity index (χ4v) is 2.97. The first-order chi connectivity index (χ1) is 11.4. The minimum absolute atomic E-state index is 0.811. The highest BCUT2D eigenvalue weighted by Gasteiger charge is 1.96. The molecule has 0 atom stereocenters. The number of nitrogens with one attached hydrogen (secondary N) is 1. The summed E-state index contributed by atoms with van der Waals surface area (Å²) in [4.78, 5) is 3.68. The van der Waals surface area contributed by atoms with Gasteiger partial charge in [0.1, 0.15) is 0 Å². The van der Waals surface area contributed by atoms with Crippen LogP contribution in [0, 0.1) is 0 Å². The molecule has 0 amide bonds. The van der Waals surface area contributed by atoms with Crippen LogP contribution in [-0.2, 0) is 0 Å². The van der Waals surface area contributed by atoms with E-state index in [0.717, 1.165) is 17.9 Å². The van der Waals surface area contributed by atoms with E-state index in [2.05, 4.69) is 23.1 Å². The average molecular weight is 338 g/mol. The Morgan fingerprint density at radius 2 is 1.39 bits per heavy atom. The van der Waals surface area contributed by atoms with Gasteiger partial charge in [-0.05, 0) is 24.6 Å². The van der Waals surface area contributed by atoms with E-state index in [1.807, 2.05) is 18.2 Å². The van der Waals surface area contributed by atoms with Gasteiger partial charge in [0.2, 0.25) is 0 Å². The molecular formula is C20H34ClN2. The molecule has 1 aromatic rings. The average Bonchev–Trinajstić information content (AvgIpc) is 2.59. The smallest absolute Gasteiger partial charge is 0.0797 e. The summed E-state index contributed by atoms with van der Waals surface area (Å²) < 4.78 is 0. The zero-order chi connectivity index (χ0) is 16.6. The molecule has 0 aliphatic rings. The molecule has 1 aromatic carbocycles. The Morgan fingerprint density at radius 1 is 0.826 bits per heavy atom. The molecule has 0 aliphatic carbocycles. The molecule has 0 aromatic heterocycles. The maximum absolute atomic E-state index is 5.48. The van der Waals surface area contributed by atoms with Gasteiger partial charge in [0.05, 0.1) is 5.69 Å². The van der Waals surface area contributed by atoms with Gasteiger partial charge in [-0.15, -0.1) is 0 Å². The molecule has 0 saturated heterocycles. The maximum atomic E-state index is 5.48. The van der Waals surface area contributed by atoms with Crippen molar-refractivity contribution >= 4 is 23.2 Å². The van der Waals surface area contributed by atoms with Crippen molar-refractivity contribution in [2.24, 2.45) is 0 Å². The second-order valence-corrected chi connectivity index (χ2v) is 6.62. The van der Waals surface area contributed by atoms with Crippen molar-refractivity contribution in [1.29, 1.82) is 0 Å². The number of hydrogen-bond acceptors (Lipinski definition) is 1. The Kier molecular flexibility index (Phi) is 12.9. The molecule has 0 saturated carbocycles. The van der Waals surface area contributed by atoms with E-state index in [-0.39, 0.29) is 0 Å². The lowest BCUT2D eigenvalue weighted by Gasteiger charge is -2.07. The second kappa shape index (κ2) is 14.7. The van der Waals surface area contributed by atoms with E-state index in [1.54, 1.807) is 0 Å². The van der Waals surface area contributed by atoms with Crippen LogP contribution in [0.2, 0.25) is 0 Å². The summed E-state index contributed by atoms with van der Waals surface area (Å²) in [6.45, 7) is 3.31. The van der Waals surface area contributed by atoms with Crippen molar-refractivity contribution < 1.29 is 0 Å². The van der Waals surface area contributed by atoms with E-state index in [4.69, 9.17) is 11.8 Å². The number of unbranched alkanes of at least 4 members (excludes halogenated alkanes) is 11. The van der Waals surface area contributed by atoms with Crippen LogP contribution in [0.5, 0.6) is 0 Å². The van der Waals surface area contributed by atoms with Crippen molar-refractivity contribution in [2.75, 3.05) is 11.9 Å². The molecule has 0 unspecified atom stereocenters. The fraction of sp³-hybridized carbons (Fsp3) is 0.700. The molecule has 1 radical (unpaired) electrons. The highest BCUT2D eigenvalue weighted by atomic mass is 35.5. The van der Waals surface area contributed by atoms with Crippen molar-refractivity contribution in [2.45, 2.75) is 84.0 Å². The topological polar surface area (TPSA) is 26.1 Å². The third-order valence-corrected chi connectivity index (χ3v) is 4.50. The second-order valence-electron chi connectivity index (χ2n) is 6.45. The van der Waals surface area contributed by atoms with E-state index >= 15 is 0 Å². The van der Waals surface area contributed by atoms with Crippen LogP contribution in [-0.4, -0.2) is 6.54 Å². The largest absolute Gasteiger partial charge is 0.385 e. The van der Waals surface area contributed by atoms with Crippen LogP contribution in [0.3, 0.4) is 0 Å². The van der Waals surface area contributed by atoms with Crippen LogP contribution in [0.25, 0.3) is 0 Å². The van der Waals surface area contributed by atoms with Gasteiger partial charge < -0.3 is 5.32 Å². The van der Waals surface area contributed by atoms with Crippen molar-refractivity contribution in [3.05, 3.63) is 24.3 Å². The summed E-state index contributed by atoms with van der Waals surface area (Å²) >= 11 is 5.48. The van der Waals surface area contributed by atoms with Crippen LogP contribution in [0.15, 0.2) is 24.3 Å². The molecule has 0 heterocycles. The molecule has 1 rings (SSSR count). The van der Waals surface area contributed by atoms with Crippen LogP contribution < -0.4 is 10.2 Å². The lowest BCUT2D eigenvalue weighted by Crippen LogP contribution is -2.01. The van der Waals surface area contributed by atoms with Gasteiger partial charge in [0.15, 0.2) is 0 Å². The third-order valence-electron chi connectivity index (χ3n) is 4.30. The molecule has 0 aliphatic heterocycles. The Morgan fingerprint density at radius 3 is 1.96 bits per heavy atom. The quantitative estimate of drug-likeness (QED) is 0.337. The number of benzene rings is 1. The fourth-order valence-electron chi connectivity index (χ4n) is 2.87. The predicted octanol–water partition coefficient (Wildman–Crippen LogP) is 7.19. The Hall–Kier alpha value is -0.890. The van der Waals surface area contributed by atoms with Crippen LogP contribution in [0.1, 0.15) is 84.0 Å². The zero-order valence-electron chi connectivity index (χ0n) is 14.8. The SMILES string of the molecule is CCCCCCCCCCCCCCNc1cccc([N]Cl)c1. The van der Waals surface area contributed by atoms with E-state index in [9.17, 15) is 0 Å². The lowest BCUT2D eigenvalue weighted by molar-refractivity contribution is 0.546. The Labute approximate surface area is 148 Å². The van der Waals surface area contributed by atoms with Gasteiger partial charge in [-0.3, -0.25) is 0 Å². The molecule has 23 heavy (non-hydrogen) atoms. The molecule has 0 spiro atoms. The van der Waals surface area contributed by atoms with Gasteiger partial charge in [-0.2, -0.15) is 4.84 Å². The summed E-state index contributed by atoms with van der Waals surface area (Å²) in [6.07, 6.45) is 16.7. The van der Waals surface area contributed by atoms with Gasteiger partial charge in [-0.1, -0.05) is 83.6 Å². The standard InChI is InChI=1S/C20H34ClN2/c1-2-3-4-5-6-7-8-9-10-11-12-13-17-22-19-15-14-16-20(18-19)23-21/h14-16,18,22H,2-13,17H2,1H3. The zero-order valence-corrected chi connectivity index (χ0v) is 15.6. The number of rotatable bonds is 15. The van der Waals surface area contributed by atoms with Gasteiger partial charge in [-0.25, -0.2) is 0 Å². The minimum atomic E-state index is 0.811. The minimum Gasteiger partial charge on any atom is -0.385 e. The third kappa shape index (κ3) is 11.3. The number of hydrogen-bond donors (Lipinski definition) is 1. The molecule has 1 N–H and O–H groups in total. The Bertz CT molecular complexity index is 382. The molecule has 0 bridgehead atoms. The normalized spacial score (nSPS) is 10.7. The summed E-state index contributed by atoms with van der Waals surface area (Å²) in [5.74, 6) is 0. The predicted molar refractivity (Wildman–Crippen MR) is 104 cm³/mol. The van der Waals surface area contributed by atoms with Crippen molar-refractivity contribution in [3.8, 4) is 0 Å². The Balaban J connectivity index is 1.84. The van der Waals surface area contributed by atoms with Gasteiger partial charge in [0.25, 0.3) is 0 Å². The molecule has 2 nitrogen and oxygen atoms in total. The van der Waals surface area contributed by atoms with Crippen molar-refractivity contribution in [1.82, 2.24) is 4.84 Å². The van der Waals surface area contributed by atoms with E-state index in [1.165, 1.54) is 77.0 Å². The summed E-state index contributed by atoms with van der Waals surface area (Å²) in [6, 6.07) is 7.92. The summed E-state index contributed by atoms with van der Waals surface area (Å²) in [5, 5.41) is 3.44. The van der Waals surface area contributed by atoms with E-state index < -0.39 is 0 Å². The van der Waals surface area contributed by atoms with Crippen molar-refractivity contribution in [3.63, 3.8) is 0 Å². The number of halogens is 1. The molecule has 3 heteroatoms. The van der Waals surface area contributed by atoms with Gasteiger partial charge in [0, 0.05) is 24.0 Å². The summed E-state index contributed by atoms with van der Waals surface area (Å²) in [5.41, 5.74) is 1.92. The summed E-state index contributed by atoms with van der Waals surface area (Å²) in [7, 11) is 0. The first-order valence-corrected chi connectivity index (χ1v) is 9.86. The first kappa shape index (κ1) is 20.2. The number of nitrogens with zero attached hydrogens (tertiary/aromatic N) is 1. The number of anilines is 1. The van der Waals surface area contributed by atoms with E-state index in [0.29, 0.717) is 0 Å². The first-order valence-electron chi connectivity index (χ1n) is 9.52. The monoisotopic (exact) mass is 337 g/mol. The maximum Gasteiger partial charge on any atom is 0.0797 e. The van der Waals surface area contributed by atoms with Gasteiger partial charge >= 0.3 is 0 Å². The molecule has 131 valence electrons. The molecular weight excluding hydrogens is 304 g/mol. The van der Waals surface area contributed by atoms with Crippen LogP contribution >= 0.6 is 11.8 Å². The van der Waals surface area contributed by atoms with Crippen LogP contribution in [0.4, 0.5) is 11.4 Å². The molecule has 0 fully saturated rings. The highest BCUT2D eigenvalue weighted by Crippen LogP contribution is 2.16.